The summed E-state index contributed by atoms with van der Waals surface area (Å²) in [4.78, 5) is 13.9. The monoisotopic (exact) mass is 384 g/mol. The minimum Gasteiger partial charge on any atom is -0.493 e. The number of anilines is 2. The molecule has 0 atom stereocenters. The number of methoxy groups -OCH3 is 2. The van der Waals surface area contributed by atoms with Crippen LogP contribution in [-0.2, 0) is 0 Å². The first-order chi connectivity index (χ1) is 13.8. The molecule has 1 aromatic carbocycles. The highest BCUT2D eigenvalue weighted by Crippen LogP contribution is 2.38. The van der Waals surface area contributed by atoms with Gasteiger partial charge in [-0.25, -0.2) is 4.98 Å². The van der Waals surface area contributed by atoms with E-state index in [1.165, 1.54) is 12.8 Å². The summed E-state index contributed by atoms with van der Waals surface area (Å²) in [6, 6.07) is 7.70. The van der Waals surface area contributed by atoms with Crippen molar-refractivity contribution in [2.24, 2.45) is 0 Å². The molecule has 0 spiro atoms. The summed E-state index contributed by atoms with van der Waals surface area (Å²) in [6.07, 6.45) is 6.28. The molecule has 7 nitrogen and oxygen atoms in total. The lowest BCUT2D eigenvalue weighted by atomic mass is 10.1. The number of benzene rings is 1. The van der Waals surface area contributed by atoms with E-state index >= 15 is 0 Å². The van der Waals surface area contributed by atoms with Gasteiger partial charge in [0.25, 0.3) is 0 Å². The molecule has 2 aliphatic heterocycles. The second-order valence-corrected chi connectivity index (χ2v) is 7.20. The molecule has 0 unspecified atom stereocenters. The average Bonchev–Trinajstić information content (AvgIpc) is 3.29. The van der Waals surface area contributed by atoms with Crippen molar-refractivity contribution in [3.63, 3.8) is 0 Å². The zero-order valence-corrected chi connectivity index (χ0v) is 16.6. The molecule has 0 aliphatic carbocycles. The Morgan fingerprint density at radius 1 is 0.893 bits per heavy atom. The van der Waals surface area contributed by atoms with Crippen LogP contribution in [-0.4, -0.2) is 56.5 Å². The van der Waals surface area contributed by atoms with E-state index in [2.05, 4.69) is 14.8 Å². The fraction of sp³-hybridized carbons (Fsp3) is 0.524. The number of rotatable bonds is 6. The maximum absolute atomic E-state index is 6.26. The Kier molecular flexibility index (Phi) is 5.69. The SMILES string of the molecule is COc1cccc(OC)c1OC1CCN(c2nccc(N3CCCC3)n2)CC1. The van der Waals surface area contributed by atoms with Gasteiger partial charge in [-0.1, -0.05) is 6.07 Å². The average molecular weight is 384 g/mol. The molecular formula is C21H28N4O3. The van der Waals surface area contributed by atoms with Crippen molar-refractivity contribution in [1.82, 2.24) is 9.97 Å². The molecule has 2 fully saturated rings. The quantitative estimate of drug-likeness (QED) is 0.758. The summed E-state index contributed by atoms with van der Waals surface area (Å²) in [6.45, 7) is 3.91. The summed E-state index contributed by atoms with van der Waals surface area (Å²) in [7, 11) is 3.30. The Hall–Kier alpha value is -2.70. The van der Waals surface area contributed by atoms with Crippen LogP contribution in [0.3, 0.4) is 0 Å². The Morgan fingerprint density at radius 2 is 1.57 bits per heavy atom. The Labute approximate surface area is 166 Å². The van der Waals surface area contributed by atoms with Gasteiger partial charge in [0.05, 0.1) is 14.2 Å². The third kappa shape index (κ3) is 3.93. The molecular weight excluding hydrogens is 356 g/mol. The van der Waals surface area contributed by atoms with Gasteiger partial charge in [0.15, 0.2) is 11.5 Å². The van der Waals surface area contributed by atoms with Gasteiger partial charge in [0, 0.05) is 45.2 Å². The van der Waals surface area contributed by atoms with Gasteiger partial charge in [0.2, 0.25) is 11.7 Å². The molecule has 0 saturated carbocycles. The van der Waals surface area contributed by atoms with Crippen LogP contribution in [0, 0.1) is 0 Å². The minimum absolute atomic E-state index is 0.114. The highest BCUT2D eigenvalue weighted by molar-refractivity contribution is 5.51. The lowest BCUT2D eigenvalue weighted by molar-refractivity contribution is 0.158. The molecule has 4 rings (SSSR count). The molecule has 2 aliphatic rings. The number of hydrogen-bond donors (Lipinski definition) is 0. The van der Waals surface area contributed by atoms with Crippen LogP contribution in [0.25, 0.3) is 0 Å². The van der Waals surface area contributed by atoms with E-state index in [-0.39, 0.29) is 6.10 Å². The molecule has 150 valence electrons. The lowest BCUT2D eigenvalue weighted by Gasteiger charge is -2.33. The van der Waals surface area contributed by atoms with E-state index in [1.807, 2.05) is 30.5 Å². The molecule has 0 bridgehead atoms. The molecule has 1 aromatic heterocycles. The maximum Gasteiger partial charge on any atom is 0.227 e. The highest BCUT2D eigenvalue weighted by atomic mass is 16.5. The van der Waals surface area contributed by atoms with Gasteiger partial charge in [-0.15, -0.1) is 0 Å². The molecule has 0 radical (unpaired) electrons. The van der Waals surface area contributed by atoms with Crippen molar-refractivity contribution in [1.29, 1.82) is 0 Å². The third-order valence-corrected chi connectivity index (χ3v) is 5.45. The Bertz CT molecular complexity index is 765. The van der Waals surface area contributed by atoms with E-state index in [1.54, 1.807) is 14.2 Å². The van der Waals surface area contributed by atoms with Gasteiger partial charge < -0.3 is 24.0 Å². The molecule has 3 heterocycles. The first-order valence-corrected chi connectivity index (χ1v) is 9.99. The number of ether oxygens (including phenoxy) is 3. The summed E-state index contributed by atoms with van der Waals surface area (Å²) in [5.41, 5.74) is 0. The van der Waals surface area contributed by atoms with Crippen LogP contribution in [0.2, 0.25) is 0 Å². The summed E-state index contributed by atoms with van der Waals surface area (Å²) >= 11 is 0. The number of aromatic nitrogens is 2. The van der Waals surface area contributed by atoms with Crippen molar-refractivity contribution in [3.8, 4) is 17.2 Å². The van der Waals surface area contributed by atoms with Crippen LogP contribution in [0.1, 0.15) is 25.7 Å². The second kappa shape index (κ2) is 8.54. The van der Waals surface area contributed by atoms with Crippen LogP contribution in [0.4, 0.5) is 11.8 Å². The molecule has 2 saturated heterocycles. The summed E-state index contributed by atoms with van der Waals surface area (Å²) in [5, 5.41) is 0. The zero-order chi connectivity index (χ0) is 19.3. The van der Waals surface area contributed by atoms with Crippen molar-refractivity contribution >= 4 is 11.8 Å². The zero-order valence-electron chi connectivity index (χ0n) is 16.6. The maximum atomic E-state index is 6.26. The van der Waals surface area contributed by atoms with Crippen molar-refractivity contribution in [3.05, 3.63) is 30.5 Å². The Balaban J connectivity index is 1.40. The standard InChI is InChI=1S/C21H28N4O3/c1-26-17-6-5-7-18(27-2)20(17)28-16-9-14-25(15-10-16)21-22-11-8-19(23-21)24-12-3-4-13-24/h5-8,11,16H,3-4,9-10,12-15H2,1-2H3. The van der Waals surface area contributed by atoms with Crippen molar-refractivity contribution in [2.45, 2.75) is 31.8 Å². The van der Waals surface area contributed by atoms with E-state index < -0.39 is 0 Å². The molecule has 7 heteroatoms. The second-order valence-electron chi connectivity index (χ2n) is 7.20. The summed E-state index contributed by atoms with van der Waals surface area (Å²) < 4.78 is 17.1. The van der Waals surface area contributed by atoms with Gasteiger partial charge >= 0.3 is 0 Å². The van der Waals surface area contributed by atoms with Crippen LogP contribution >= 0.6 is 0 Å². The van der Waals surface area contributed by atoms with Crippen molar-refractivity contribution in [2.75, 3.05) is 50.2 Å². The number of hydrogen-bond acceptors (Lipinski definition) is 7. The predicted molar refractivity (Wildman–Crippen MR) is 109 cm³/mol. The van der Waals surface area contributed by atoms with Crippen LogP contribution in [0.15, 0.2) is 30.5 Å². The first kappa shape index (κ1) is 18.7. The van der Waals surface area contributed by atoms with Crippen molar-refractivity contribution < 1.29 is 14.2 Å². The third-order valence-electron chi connectivity index (χ3n) is 5.45. The molecule has 0 N–H and O–H groups in total. The molecule has 28 heavy (non-hydrogen) atoms. The highest BCUT2D eigenvalue weighted by Gasteiger charge is 2.25. The first-order valence-electron chi connectivity index (χ1n) is 9.99. The van der Waals surface area contributed by atoms with Gasteiger partial charge in [-0.2, -0.15) is 4.98 Å². The normalized spacial score (nSPS) is 17.6. The number of piperidine rings is 1. The lowest BCUT2D eigenvalue weighted by Crippen LogP contribution is -2.39. The minimum atomic E-state index is 0.114. The fourth-order valence-corrected chi connectivity index (χ4v) is 3.89. The largest absolute Gasteiger partial charge is 0.493 e. The Morgan fingerprint density at radius 3 is 2.21 bits per heavy atom. The molecule has 0 amide bonds. The number of para-hydroxylation sites is 1. The van der Waals surface area contributed by atoms with Gasteiger partial charge in [-0.05, 0) is 31.0 Å². The van der Waals surface area contributed by atoms with Gasteiger partial charge in [-0.3, -0.25) is 0 Å². The van der Waals surface area contributed by atoms with E-state index in [0.717, 1.165) is 50.8 Å². The van der Waals surface area contributed by atoms with E-state index in [9.17, 15) is 0 Å². The number of nitrogens with zero attached hydrogens (tertiary/aromatic N) is 4. The van der Waals surface area contributed by atoms with Gasteiger partial charge in [0.1, 0.15) is 11.9 Å². The predicted octanol–water partition coefficient (Wildman–Crippen LogP) is 3.14. The summed E-state index contributed by atoms with van der Waals surface area (Å²) in [5.74, 6) is 3.93. The van der Waals surface area contributed by atoms with E-state index in [0.29, 0.717) is 17.2 Å². The van der Waals surface area contributed by atoms with Crippen LogP contribution in [0.5, 0.6) is 17.2 Å². The topological polar surface area (TPSA) is 60.0 Å². The molecule has 2 aromatic rings. The fourth-order valence-electron chi connectivity index (χ4n) is 3.89. The van der Waals surface area contributed by atoms with Crippen LogP contribution < -0.4 is 24.0 Å². The smallest absolute Gasteiger partial charge is 0.227 e. The van der Waals surface area contributed by atoms with E-state index in [4.69, 9.17) is 19.2 Å².